The number of pyridine rings is 2. The van der Waals surface area contributed by atoms with Crippen LogP contribution in [0.25, 0.3) is 22.2 Å². The maximum Gasteiger partial charge on any atom is 0.431 e. The number of hydrogen-bond acceptors (Lipinski definition) is 6. The van der Waals surface area contributed by atoms with Crippen LogP contribution in [0.3, 0.4) is 0 Å². The molecule has 0 atom stereocenters. The first-order chi connectivity index (χ1) is 14.0. The van der Waals surface area contributed by atoms with Crippen LogP contribution < -0.4 is 0 Å². The fraction of sp³-hybridized carbons (Fsp3) is 0.294. The first-order valence-corrected chi connectivity index (χ1v) is 12.0. The summed E-state index contributed by atoms with van der Waals surface area (Å²) in [5.41, 5.74) is -0.0125. The van der Waals surface area contributed by atoms with Gasteiger partial charge in [-0.25, -0.2) is 18.4 Å². The van der Waals surface area contributed by atoms with Gasteiger partial charge in [0.05, 0.1) is 11.5 Å². The third kappa shape index (κ3) is 3.90. The van der Waals surface area contributed by atoms with E-state index in [-0.39, 0.29) is 40.7 Å². The number of aromatic nitrogens is 3. The second kappa shape index (κ2) is 7.20. The molecule has 3 N–H and O–H groups in total. The van der Waals surface area contributed by atoms with E-state index in [2.05, 4.69) is 15.0 Å². The summed E-state index contributed by atoms with van der Waals surface area (Å²) in [6.45, 7) is -0.0503. The van der Waals surface area contributed by atoms with E-state index in [0.29, 0.717) is 11.1 Å². The van der Waals surface area contributed by atoms with E-state index in [1.807, 2.05) is 0 Å². The molecule has 13 heteroatoms. The molecule has 4 heterocycles. The normalized spacial score (nSPS) is 19.1. The third-order valence-corrected chi connectivity index (χ3v) is 8.31. The molecule has 3 aromatic rings. The van der Waals surface area contributed by atoms with Gasteiger partial charge in [-0.3, -0.25) is 9.11 Å². The van der Waals surface area contributed by atoms with Gasteiger partial charge in [0.25, 0.3) is 10.0 Å². The summed E-state index contributed by atoms with van der Waals surface area (Å²) in [6.07, 6.45) is -1.92. The Hall–Kier alpha value is -2.19. The predicted octanol–water partition coefficient (Wildman–Crippen LogP) is 3.40. The van der Waals surface area contributed by atoms with Crippen molar-refractivity contribution in [2.24, 2.45) is 0 Å². The van der Waals surface area contributed by atoms with Gasteiger partial charge < -0.3 is 4.98 Å². The van der Waals surface area contributed by atoms with Crippen LogP contribution in [0.5, 0.6) is 0 Å². The predicted molar refractivity (Wildman–Crippen MR) is 106 cm³/mol. The fourth-order valence-electron chi connectivity index (χ4n) is 3.21. The zero-order valence-corrected chi connectivity index (χ0v) is 16.9. The molecule has 0 aromatic carbocycles. The molecule has 3 aromatic heterocycles. The molecule has 1 aliphatic rings. The lowest BCUT2D eigenvalue weighted by atomic mass is 10.1. The van der Waals surface area contributed by atoms with Crippen molar-refractivity contribution in [1.82, 2.24) is 19.3 Å². The molecule has 0 spiro atoms. The average Bonchev–Trinajstić information content (AvgIpc) is 3.13. The van der Waals surface area contributed by atoms with E-state index in [1.54, 1.807) is 0 Å². The quantitative estimate of drug-likeness (QED) is 0.549. The number of alkyl halides is 3. The van der Waals surface area contributed by atoms with Crippen molar-refractivity contribution in [2.45, 2.75) is 11.2 Å². The number of rotatable bonds is 3. The van der Waals surface area contributed by atoms with Gasteiger partial charge in [-0.2, -0.15) is 28.1 Å². The molecule has 0 saturated carbocycles. The van der Waals surface area contributed by atoms with Crippen LogP contribution in [0.2, 0.25) is 0 Å². The number of nitrogens with one attached hydrogen (secondary N) is 1. The molecular formula is C17H17F3N4O4S2. The molecule has 8 nitrogen and oxygen atoms in total. The Kier molecular flexibility index (Phi) is 5.05. The molecule has 0 amide bonds. The molecule has 1 fully saturated rings. The number of hydrogen-bond donors (Lipinski definition) is 3. The lowest BCUT2D eigenvalue weighted by molar-refractivity contribution is -0.140. The van der Waals surface area contributed by atoms with E-state index in [0.717, 1.165) is 10.4 Å². The maximum absolute atomic E-state index is 13.0. The van der Waals surface area contributed by atoms with Gasteiger partial charge in [0.15, 0.2) is 5.03 Å². The van der Waals surface area contributed by atoms with Crippen LogP contribution >= 0.6 is 10.6 Å². The minimum atomic E-state index is -4.55. The summed E-state index contributed by atoms with van der Waals surface area (Å²) < 4.78 is 84.9. The van der Waals surface area contributed by atoms with Crippen LogP contribution in [-0.2, 0) is 16.2 Å². The molecular weight excluding hydrogens is 445 g/mol. The lowest BCUT2D eigenvalue weighted by Gasteiger charge is -2.40. The van der Waals surface area contributed by atoms with Gasteiger partial charge in [-0.15, -0.1) is 0 Å². The summed E-state index contributed by atoms with van der Waals surface area (Å²) in [5.74, 6) is -0.0668. The summed E-state index contributed by atoms with van der Waals surface area (Å²) in [7, 11) is -6.67. The van der Waals surface area contributed by atoms with Gasteiger partial charge in [-0.1, -0.05) is 0 Å². The first kappa shape index (κ1) is 21.1. The van der Waals surface area contributed by atoms with Crippen molar-refractivity contribution in [3.63, 3.8) is 0 Å². The second-order valence-corrected chi connectivity index (χ2v) is 11.1. The van der Waals surface area contributed by atoms with E-state index in [4.69, 9.17) is 0 Å². The minimum Gasteiger partial charge on any atom is -0.336 e. The largest absolute Gasteiger partial charge is 0.431 e. The number of sulfonamides is 1. The second-order valence-electron chi connectivity index (χ2n) is 6.80. The van der Waals surface area contributed by atoms with Gasteiger partial charge in [-0.05, 0) is 29.8 Å². The Bertz CT molecular complexity index is 1180. The molecule has 0 radical (unpaired) electrons. The standard InChI is InChI=1S/C17H17F3N4O4S2/c18-17(19,20)14-9-13-12(3-4-21-16(13)23-14)11-1-2-15(22-10-11)30(27,28)24-5-7-29(25,26)8-6-24/h1-4,9-10,25-26H,5-8H2,(H,21,23). The van der Waals surface area contributed by atoms with Crippen LogP contribution in [0, 0.1) is 0 Å². The van der Waals surface area contributed by atoms with Crippen molar-refractivity contribution in [3.8, 4) is 11.1 Å². The molecule has 1 aliphatic heterocycles. The van der Waals surface area contributed by atoms with Crippen molar-refractivity contribution < 1.29 is 30.7 Å². The highest BCUT2D eigenvalue weighted by atomic mass is 32.3. The molecule has 4 rings (SSSR count). The molecule has 0 bridgehead atoms. The third-order valence-electron chi connectivity index (χ3n) is 4.82. The Morgan fingerprint density at radius 3 is 2.40 bits per heavy atom. The van der Waals surface area contributed by atoms with Gasteiger partial charge in [0.1, 0.15) is 11.3 Å². The van der Waals surface area contributed by atoms with E-state index in [1.165, 1.54) is 30.6 Å². The summed E-state index contributed by atoms with van der Waals surface area (Å²) >= 11 is 0. The number of fused-ring (bicyclic) bond motifs is 1. The smallest absolute Gasteiger partial charge is 0.336 e. The highest BCUT2D eigenvalue weighted by molar-refractivity contribution is 8.24. The van der Waals surface area contributed by atoms with E-state index in [9.17, 15) is 30.7 Å². The zero-order valence-electron chi connectivity index (χ0n) is 15.3. The number of halogens is 3. The van der Waals surface area contributed by atoms with Crippen LogP contribution in [0.4, 0.5) is 13.2 Å². The monoisotopic (exact) mass is 462 g/mol. The topological polar surface area (TPSA) is 119 Å². The molecule has 0 unspecified atom stereocenters. The summed E-state index contributed by atoms with van der Waals surface area (Å²) in [5, 5.41) is 0.0171. The Balaban J connectivity index is 1.65. The van der Waals surface area contributed by atoms with Crippen molar-refractivity contribution in [2.75, 3.05) is 24.6 Å². The summed E-state index contributed by atoms with van der Waals surface area (Å²) in [4.78, 5) is 10.1. The Labute approximate surface area is 171 Å². The summed E-state index contributed by atoms with van der Waals surface area (Å²) in [6, 6.07) is 5.22. The Morgan fingerprint density at radius 2 is 1.80 bits per heavy atom. The highest BCUT2D eigenvalue weighted by Crippen LogP contribution is 2.41. The van der Waals surface area contributed by atoms with Gasteiger partial charge in [0, 0.05) is 36.4 Å². The lowest BCUT2D eigenvalue weighted by Crippen LogP contribution is -2.42. The number of aromatic amines is 1. The van der Waals surface area contributed by atoms with Crippen LogP contribution in [0.1, 0.15) is 5.69 Å². The highest BCUT2D eigenvalue weighted by Gasteiger charge is 2.34. The molecule has 0 aliphatic carbocycles. The molecule has 30 heavy (non-hydrogen) atoms. The van der Waals surface area contributed by atoms with Crippen molar-refractivity contribution in [3.05, 3.63) is 42.4 Å². The Morgan fingerprint density at radius 1 is 1.10 bits per heavy atom. The van der Waals surface area contributed by atoms with Gasteiger partial charge >= 0.3 is 6.18 Å². The van der Waals surface area contributed by atoms with Crippen molar-refractivity contribution in [1.29, 1.82) is 0 Å². The first-order valence-electron chi connectivity index (χ1n) is 8.72. The molecule has 162 valence electrons. The number of H-pyrrole nitrogens is 1. The van der Waals surface area contributed by atoms with Crippen molar-refractivity contribution >= 4 is 31.6 Å². The van der Waals surface area contributed by atoms with E-state index < -0.39 is 32.5 Å². The van der Waals surface area contributed by atoms with Crippen LogP contribution in [-0.4, -0.2) is 61.4 Å². The zero-order chi connectivity index (χ0) is 21.7. The average molecular weight is 462 g/mol. The maximum atomic E-state index is 13.0. The SMILES string of the molecule is O=S(=O)(c1ccc(-c2ccnc3[nH]c(C(F)(F)F)cc23)cn1)N1CCS(O)(O)CC1. The number of nitrogens with zero attached hydrogens (tertiary/aromatic N) is 3. The van der Waals surface area contributed by atoms with Crippen LogP contribution in [0.15, 0.2) is 41.7 Å². The minimum absolute atomic E-state index is 0.0252. The van der Waals surface area contributed by atoms with E-state index >= 15 is 0 Å². The fourth-order valence-corrected chi connectivity index (χ4v) is 6.02. The van der Waals surface area contributed by atoms with Gasteiger partial charge in [0.2, 0.25) is 0 Å². The molecule has 1 saturated heterocycles.